The second-order valence-electron chi connectivity index (χ2n) is 7.86. The monoisotopic (exact) mass is 551 g/mol. The lowest BCUT2D eigenvalue weighted by molar-refractivity contribution is -0.385. The largest absolute Gasteiger partial charge is 0.355 e. The summed E-state index contributed by atoms with van der Waals surface area (Å²) in [7, 11) is -2.07. The Balaban J connectivity index is 0.00000320. The third-order valence-corrected chi connectivity index (χ3v) is 7.36. The fourth-order valence-electron chi connectivity index (χ4n) is 4.37. The molecule has 1 aromatic rings. The van der Waals surface area contributed by atoms with E-state index in [1.807, 2.05) is 0 Å². The first-order valence-corrected chi connectivity index (χ1v) is 11.5. The Hall–Kier alpha value is -1.47. The van der Waals surface area contributed by atoms with Gasteiger partial charge in [-0.05, 0) is 30.7 Å². The van der Waals surface area contributed by atoms with Gasteiger partial charge in [0.1, 0.15) is 0 Å². The van der Waals surface area contributed by atoms with E-state index in [0.29, 0.717) is 12.0 Å². The number of hydrogen-bond donors (Lipinski definition) is 2. The van der Waals surface area contributed by atoms with Crippen LogP contribution in [0.3, 0.4) is 0 Å². The predicted octanol–water partition coefficient (Wildman–Crippen LogP) is 2.72. The van der Waals surface area contributed by atoms with Gasteiger partial charge in [-0.15, -0.1) is 24.0 Å². The zero-order valence-corrected chi connectivity index (χ0v) is 20.3. The Kier molecular flexibility index (Phi) is 8.85. The highest BCUT2D eigenvalue weighted by molar-refractivity contribution is 14.0. The molecule has 30 heavy (non-hydrogen) atoms. The minimum atomic E-state index is -3.81. The first-order chi connectivity index (χ1) is 13.9. The molecule has 0 bridgehead atoms. The van der Waals surface area contributed by atoms with Crippen LogP contribution in [0.1, 0.15) is 38.5 Å². The molecule has 168 valence electrons. The van der Waals surface area contributed by atoms with Crippen LogP contribution in [0.15, 0.2) is 34.2 Å². The van der Waals surface area contributed by atoms with Crippen LogP contribution >= 0.6 is 24.0 Å². The standard InChI is InChI=1S/C19H29N5O4S.HI/c1-20-18(23-13-10-19(15-23)8-3-2-4-9-19)21-11-12-22-29(27,28)17-7-5-6-16(14-17)24(25)26;/h5-7,14,22H,2-4,8-13,15H2,1H3,(H,20,21);1H. The lowest BCUT2D eigenvalue weighted by atomic mass is 9.73. The van der Waals surface area contributed by atoms with E-state index in [-0.39, 0.29) is 41.1 Å². The van der Waals surface area contributed by atoms with Crippen LogP contribution in [0.5, 0.6) is 0 Å². The van der Waals surface area contributed by atoms with Crippen molar-refractivity contribution >= 4 is 45.6 Å². The van der Waals surface area contributed by atoms with E-state index >= 15 is 0 Å². The Bertz CT molecular complexity index is 871. The normalized spacial score (nSPS) is 18.8. The van der Waals surface area contributed by atoms with Crippen molar-refractivity contribution in [2.75, 3.05) is 33.2 Å². The summed E-state index contributed by atoms with van der Waals surface area (Å²) in [5, 5.41) is 14.1. The van der Waals surface area contributed by atoms with Crippen molar-refractivity contribution in [3.05, 3.63) is 34.4 Å². The Labute approximate surface area is 194 Å². The molecule has 0 amide bonds. The fraction of sp³-hybridized carbons (Fsp3) is 0.632. The molecule has 2 aliphatic rings. The zero-order valence-electron chi connectivity index (χ0n) is 17.2. The molecule has 0 unspecified atom stereocenters. The summed E-state index contributed by atoms with van der Waals surface area (Å²) in [5.41, 5.74) is 0.163. The van der Waals surface area contributed by atoms with E-state index in [1.165, 1.54) is 56.7 Å². The number of benzene rings is 1. The summed E-state index contributed by atoms with van der Waals surface area (Å²) in [6.45, 7) is 2.51. The minimum Gasteiger partial charge on any atom is -0.355 e. The fourth-order valence-corrected chi connectivity index (χ4v) is 5.44. The molecular formula is C19H30IN5O4S. The van der Waals surface area contributed by atoms with Crippen molar-refractivity contribution in [1.29, 1.82) is 0 Å². The first-order valence-electron chi connectivity index (χ1n) is 10.0. The topological polar surface area (TPSA) is 117 Å². The number of halogens is 1. The number of nitro groups is 1. The number of guanidine groups is 1. The molecule has 1 saturated carbocycles. The second-order valence-corrected chi connectivity index (χ2v) is 9.63. The third-order valence-electron chi connectivity index (χ3n) is 5.90. The molecule has 1 aromatic carbocycles. The van der Waals surface area contributed by atoms with Gasteiger partial charge in [-0.3, -0.25) is 15.1 Å². The SMILES string of the molecule is CN=C(NCCNS(=O)(=O)c1cccc([N+](=O)[O-])c1)N1CCC2(CCCCC2)C1.I. The molecule has 11 heteroatoms. The van der Waals surface area contributed by atoms with Crippen molar-refractivity contribution in [3.63, 3.8) is 0 Å². The van der Waals surface area contributed by atoms with Crippen molar-refractivity contribution in [3.8, 4) is 0 Å². The van der Waals surface area contributed by atoms with E-state index in [2.05, 4.69) is 19.9 Å². The van der Waals surface area contributed by atoms with Gasteiger partial charge in [0.2, 0.25) is 10.0 Å². The van der Waals surface area contributed by atoms with Gasteiger partial charge in [-0.2, -0.15) is 0 Å². The number of nitrogens with one attached hydrogen (secondary N) is 2. The summed E-state index contributed by atoms with van der Waals surface area (Å²) < 4.78 is 27.2. The summed E-state index contributed by atoms with van der Waals surface area (Å²) >= 11 is 0. The van der Waals surface area contributed by atoms with E-state index in [9.17, 15) is 18.5 Å². The van der Waals surface area contributed by atoms with Crippen LogP contribution in [0.25, 0.3) is 0 Å². The lowest BCUT2D eigenvalue weighted by Crippen LogP contribution is -2.44. The maximum atomic E-state index is 12.4. The highest BCUT2D eigenvalue weighted by Gasteiger charge is 2.39. The Morgan fingerprint density at radius 3 is 2.63 bits per heavy atom. The van der Waals surface area contributed by atoms with E-state index in [0.717, 1.165) is 25.1 Å². The lowest BCUT2D eigenvalue weighted by Gasteiger charge is -2.33. The summed E-state index contributed by atoms with van der Waals surface area (Å²) in [4.78, 5) is 16.7. The first kappa shape index (κ1) is 24.8. The molecule has 0 radical (unpaired) electrons. The summed E-state index contributed by atoms with van der Waals surface area (Å²) in [6, 6.07) is 5.03. The molecule has 1 saturated heterocycles. The van der Waals surface area contributed by atoms with Gasteiger partial charge in [0.25, 0.3) is 5.69 Å². The van der Waals surface area contributed by atoms with Crippen LogP contribution in [-0.2, 0) is 10.0 Å². The average molecular weight is 551 g/mol. The molecule has 1 aliphatic heterocycles. The van der Waals surface area contributed by atoms with Gasteiger partial charge >= 0.3 is 0 Å². The molecule has 1 aliphatic carbocycles. The number of likely N-dealkylation sites (tertiary alicyclic amines) is 1. The molecule has 1 spiro atoms. The molecule has 9 nitrogen and oxygen atoms in total. The molecule has 1 heterocycles. The van der Waals surface area contributed by atoms with Gasteiger partial charge in [-0.1, -0.05) is 25.3 Å². The minimum absolute atomic E-state index is 0. The number of nitrogens with zero attached hydrogens (tertiary/aromatic N) is 3. The molecular weight excluding hydrogens is 521 g/mol. The van der Waals surface area contributed by atoms with Crippen molar-refractivity contribution < 1.29 is 13.3 Å². The number of sulfonamides is 1. The average Bonchev–Trinajstić information content (AvgIpc) is 3.11. The van der Waals surface area contributed by atoms with Crippen LogP contribution in [-0.4, -0.2) is 57.4 Å². The zero-order chi connectivity index (χ0) is 20.9. The van der Waals surface area contributed by atoms with E-state index < -0.39 is 14.9 Å². The highest BCUT2D eigenvalue weighted by atomic mass is 127. The molecule has 2 fully saturated rings. The summed E-state index contributed by atoms with van der Waals surface area (Å²) in [6.07, 6.45) is 7.69. The van der Waals surface area contributed by atoms with Crippen molar-refractivity contribution in [1.82, 2.24) is 14.9 Å². The van der Waals surface area contributed by atoms with Crippen LogP contribution in [0.4, 0.5) is 5.69 Å². The van der Waals surface area contributed by atoms with Crippen LogP contribution in [0.2, 0.25) is 0 Å². The molecule has 0 aromatic heterocycles. The van der Waals surface area contributed by atoms with E-state index in [1.54, 1.807) is 7.05 Å². The third kappa shape index (κ3) is 6.03. The highest BCUT2D eigenvalue weighted by Crippen LogP contribution is 2.43. The maximum Gasteiger partial charge on any atom is 0.270 e. The van der Waals surface area contributed by atoms with Gasteiger partial charge in [-0.25, -0.2) is 13.1 Å². The Morgan fingerprint density at radius 1 is 1.23 bits per heavy atom. The number of rotatable bonds is 6. The smallest absolute Gasteiger partial charge is 0.270 e. The van der Waals surface area contributed by atoms with Gasteiger partial charge < -0.3 is 10.2 Å². The number of aliphatic imine (C=N–C) groups is 1. The molecule has 3 rings (SSSR count). The quantitative estimate of drug-likeness (QED) is 0.140. The number of hydrogen-bond acceptors (Lipinski definition) is 5. The Morgan fingerprint density at radius 2 is 1.97 bits per heavy atom. The van der Waals surface area contributed by atoms with Crippen LogP contribution < -0.4 is 10.0 Å². The number of non-ortho nitro benzene ring substituents is 1. The molecule has 2 N–H and O–H groups in total. The number of nitro benzene ring substituents is 1. The van der Waals surface area contributed by atoms with E-state index in [4.69, 9.17) is 0 Å². The predicted molar refractivity (Wildman–Crippen MR) is 127 cm³/mol. The van der Waals surface area contributed by atoms with Crippen molar-refractivity contribution in [2.45, 2.75) is 43.4 Å². The van der Waals surface area contributed by atoms with Gasteiger partial charge in [0.15, 0.2) is 5.96 Å². The van der Waals surface area contributed by atoms with Gasteiger partial charge in [0, 0.05) is 45.4 Å². The van der Waals surface area contributed by atoms with Gasteiger partial charge in [0.05, 0.1) is 9.82 Å². The maximum absolute atomic E-state index is 12.4. The van der Waals surface area contributed by atoms with Crippen molar-refractivity contribution in [2.24, 2.45) is 10.4 Å². The summed E-state index contributed by atoms with van der Waals surface area (Å²) in [5.74, 6) is 0.794. The van der Waals surface area contributed by atoms with Crippen LogP contribution in [0, 0.1) is 15.5 Å². The molecule has 0 atom stereocenters. The second kappa shape index (κ2) is 10.7.